The highest BCUT2D eigenvalue weighted by molar-refractivity contribution is 5.98. The second-order valence-electron chi connectivity index (χ2n) is 13.4. The van der Waals surface area contributed by atoms with Crippen LogP contribution in [0.15, 0.2) is 0 Å². The first-order chi connectivity index (χ1) is 24.9. The first kappa shape index (κ1) is 44.3. The summed E-state index contributed by atoms with van der Waals surface area (Å²) in [6.45, 7) is 5.68. The van der Waals surface area contributed by atoms with Gasteiger partial charge in [-0.1, -0.05) is 13.8 Å². The molecule has 2 saturated heterocycles. The normalized spacial score (nSPS) is 20.1. The van der Waals surface area contributed by atoms with Crippen molar-refractivity contribution in [2.24, 2.45) is 5.92 Å². The molecule has 0 spiro atoms. The number of hydrogen-bond donors (Lipinski definition) is 11. The zero-order valence-corrected chi connectivity index (χ0v) is 30.5. The first-order valence-corrected chi connectivity index (χ1v) is 17.5. The molecule has 0 aromatic rings. The number of aliphatic hydroxyl groups is 2. The molecule has 21 nitrogen and oxygen atoms in total. The maximum Gasteiger partial charge on any atom is 0.322 e. The highest BCUT2D eigenvalue weighted by Gasteiger charge is 2.40. The Morgan fingerprint density at radius 1 is 0.660 bits per heavy atom. The van der Waals surface area contributed by atoms with Gasteiger partial charge in [-0.2, -0.15) is 0 Å². The van der Waals surface area contributed by atoms with Crippen molar-refractivity contribution >= 4 is 53.2 Å². The molecule has 0 radical (unpaired) electrons. The molecule has 8 atom stereocenters. The van der Waals surface area contributed by atoms with E-state index in [0.717, 1.165) is 11.3 Å². The van der Waals surface area contributed by atoms with E-state index in [4.69, 9.17) is 5.11 Å². The van der Waals surface area contributed by atoms with Crippen molar-refractivity contribution in [3.63, 3.8) is 0 Å². The van der Waals surface area contributed by atoms with E-state index in [0.29, 0.717) is 19.4 Å². The summed E-state index contributed by atoms with van der Waals surface area (Å²) < 4.78 is 0. The van der Waals surface area contributed by atoms with E-state index in [2.05, 4.69) is 42.5 Å². The van der Waals surface area contributed by atoms with E-state index in [9.17, 15) is 53.4 Å². The predicted octanol–water partition coefficient (Wildman–Crippen LogP) is -5.46. The molecule has 2 heterocycles. The average molecular weight is 756 g/mol. The Kier molecular flexibility index (Phi) is 17.5. The van der Waals surface area contributed by atoms with Crippen LogP contribution in [0.2, 0.25) is 0 Å². The number of likely N-dealkylation sites (tertiary alicyclic amines) is 1. The molecule has 2 fully saturated rings. The fraction of sp³-hybridized carbons (Fsp3) is 0.719. The summed E-state index contributed by atoms with van der Waals surface area (Å²) in [4.78, 5) is 115. The number of carboxylic acids is 1. The van der Waals surface area contributed by atoms with Crippen LogP contribution < -0.4 is 42.5 Å². The van der Waals surface area contributed by atoms with Crippen LogP contribution in [0.4, 0.5) is 0 Å². The van der Waals surface area contributed by atoms with Crippen LogP contribution in [0.5, 0.6) is 0 Å². The maximum atomic E-state index is 13.5. The highest BCUT2D eigenvalue weighted by atomic mass is 16.4. The lowest BCUT2D eigenvalue weighted by Gasteiger charge is -2.30. The molecule has 2 aliphatic rings. The van der Waals surface area contributed by atoms with Gasteiger partial charge in [0.1, 0.15) is 48.8 Å². The van der Waals surface area contributed by atoms with Crippen molar-refractivity contribution in [2.45, 2.75) is 109 Å². The zero-order valence-electron chi connectivity index (χ0n) is 30.5. The van der Waals surface area contributed by atoms with E-state index >= 15 is 0 Å². The number of carbonyl (C=O) groups is 9. The largest absolute Gasteiger partial charge is 0.480 e. The number of rotatable bonds is 19. The third-order valence-electron chi connectivity index (χ3n) is 8.74. The fourth-order valence-electron chi connectivity index (χ4n) is 5.61. The van der Waals surface area contributed by atoms with Crippen molar-refractivity contribution < 1.29 is 58.5 Å². The Hall–Kier alpha value is -4.89. The predicted molar refractivity (Wildman–Crippen MR) is 184 cm³/mol. The van der Waals surface area contributed by atoms with Crippen LogP contribution in [-0.4, -0.2) is 155 Å². The summed E-state index contributed by atoms with van der Waals surface area (Å²) in [7, 11) is 0. The van der Waals surface area contributed by atoms with Gasteiger partial charge in [0.25, 0.3) is 0 Å². The average Bonchev–Trinajstić information content (AvgIpc) is 3.83. The number of nitrogens with one attached hydrogen (secondary N) is 8. The van der Waals surface area contributed by atoms with E-state index in [1.807, 2.05) is 0 Å². The molecule has 21 heteroatoms. The van der Waals surface area contributed by atoms with Gasteiger partial charge in [0.05, 0.1) is 19.3 Å². The number of hydrogen-bond acceptors (Lipinski definition) is 12. The van der Waals surface area contributed by atoms with Crippen LogP contribution >= 0.6 is 0 Å². The fourth-order valence-corrected chi connectivity index (χ4v) is 5.61. The zero-order chi connectivity index (χ0) is 40.0. The maximum absolute atomic E-state index is 13.5. The van der Waals surface area contributed by atoms with Gasteiger partial charge in [0, 0.05) is 6.54 Å². The minimum atomic E-state index is -1.53. The lowest BCUT2D eigenvalue weighted by Crippen LogP contribution is -2.60. The molecular weight excluding hydrogens is 702 g/mol. The van der Waals surface area contributed by atoms with Crippen molar-refractivity contribution in [1.29, 1.82) is 0 Å². The van der Waals surface area contributed by atoms with E-state index < -0.39 is 121 Å². The molecule has 298 valence electrons. The van der Waals surface area contributed by atoms with Crippen molar-refractivity contribution in [3.05, 3.63) is 0 Å². The quantitative estimate of drug-likeness (QED) is 0.0587. The molecular formula is C32H53N9O12. The lowest BCUT2D eigenvalue weighted by atomic mass is 10.0. The summed E-state index contributed by atoms with van der Waals surface area (Å²) in [5, 5.41) is 48.2. The summed E-state index contributed by atoms with van der Waals surface area (Å²) in [5.74, 6) is -7.71. The van der Waals surface area contributed by atoms with E-state index in [1.54, 1.807) is 13.8 Å². The van der Waals surface area contributed by atoms with Gasteiger partial charge < -0.3 is 62.8 Å². The molecule has 2 rings (SSSR count). The van der Waals surface area contributed by atoms with Crippen LogP contribution in [0.25, 0.3) is 0 Å². The number of aliphatic hydroxyl groups excluding tert-OH is 2. The molecule has 0 aromatic carbocycles. The number of nitrogens with zero attached hydrogens (tertiary/aromatic N) is 1. The molecule has 0 aliphatic carbocycles. The van der Waals surface area contributed by atoms with Crippen LogP contribution in [0.3, 0.4) is 0 Å². The van der Waals surface area contributed by atoms with Crippen molar-refractivity contribution in [2.75, 3.05) is 32.8 Å². The molecule has 0 aromatic heterocycles. The Labute approximate surface area is 306 Å². The highest BCUT2D eigenvalue weighted by Crippen LogP contribution is 2.19. The number of carbonyl (C=O) groups excluding carboxylic acids is 8. The number of amides is 8. The van der Waals surface area contributed by atoms with Gasteiger partial charge in [-0.3, -0.25) is 43.2 Å². The summed E-state index contributed by atoms with van der Waals surface area (Å²) in [6, 6.07) is -9.17. The summed E-state index contributed by atoms with van der Waals surface area (Å²) in [6.07, 6.45) is 2.01. The Balaban J connectivity index is 1.97. The first-order valence-electron chi connectivity index (χ1n) is 17.5. The third kappa shape index (κ3) is 13.2. The van der Waals surface area contributed by atoms with Crippen molar-refractivity contribution in [3.8, 4) is 0 Å². The lowest BCUT2D eigenvalue weighted by molar-refractivity contribution is -0.143. The second-order valence-corrected chi connectivity index (χ2v) is 13.4. The Bertz CT molecular complexity index is 1370. The van der Waals surface area contributed by atoms with Crippen LogP contribution in [0.1, 0.15) is 60.3 Å². The molecule has 53 heavy (non-hydrogen) atoms. The molecule has 11 N–H and O–H groups in total. The second kappa shape index (κ2) is 21.0. The van der Waals surface area contributed by atoms with Gasteiger partial charge in [-0.05, 0) is 58.9 Å². The molecule has 0 unspecified atom stereocenters. The monoisotopic (exact) mass is 755 g/mol. The molecule has 0 saturated carbocycles. The van der Waals surface area contributed by atoms with Gasteiger partial charge >= 0.3 is 5.97 Å². The van der Waals surface area contributed by atoms with Gasteiger partial charge in [0.2, 0.25) is 47.3 Å². The van der Waals surface area contributed by atoms with Gasteiger partial charge in [-0.25, -0.2) is 0 Å². The topological polar surface area (TPSA) is 314 Å². The Morgan fingerprint density at radius 2 is 1.23 bits per heavy atom. The smallest absolute Gasteiger partial charge is 0.322 e. The molecule has 0 bridgehead atoms. The van der Waals surface area contributed by atoms with Crippen LogP contribution in [-0.2, 0) is 43.2 Å². The summed E-state index contributed by atoms with van der Waals surface area (Å²) in [5.41, 5.74) is 0. The van der Waals surface area contributed by atoms with Crippen molar-refractivity contribution in [1.82, 2.24) is 47.4 Å². The minimum absolute atomic E-state index is 0.0861. The number of aliphatic carboxylic acids is 1. The van der Waals surface area contributed by atoms with Gasteiger partial charge in [-0.15, -0.1) is 0 Å². The SMILES string of the molecule is CC(C)[C@H](NC(=O)[C@@H]1CCCN1C(=O)[C@H](CO)NC(=O)[C@H](C)NC(=O)[C@H](CO)NC(=O)[C@H](C)NC(=O)[C@@H]1CCCN1)C(=O)N[C@@H](C)C(=O)NCC(=O)O. The molecule has 2 aliphatic heterocycles. The van der Waals surface area contributed by atoms with E-state index in [1.165, 1.54) is 20.8 Å². The number of carboxylic acid groups (broad SMARTS) is 1. The van der Waals surface area contributed by atoms with Crippen LogP contribution in [0, 0.1) is 5.92 Å². The molecule has 8 amide bonds. The summed E-state index contributed by atoms with van der Waals surface area (Å²) >= 11 is 0. The minimum Gasteiger partial charge on any atom is -0.480 e. The third-order valence-corrected chi connectivity index (χ3v) is 8.74. The Morgan fingerprint density at radius 3 is 1.77 bits per heavy atom. The van der Waals surface area contributed by atoms with Gasteiger partial charge in [0.15, 0.2) is 0 Å². The standard InChI is InChI=1S/C32H53N9O12/c1-15(2)24(31(52)37-16(3)25(46)34-12-23(44)45)40-30(51)22-9-7-11-41(22)32(53)21(14-43)39-27(48)18(5)36-29(50)20(13-42)38-26(47)17(4)35-28(49)19-8-6-10-33-19/h15-22,24,33,42-43H,6-14H2,1-5H3,(H,34,46)(H,35,49)(H,36,50)(H,37,52)(H,38,47)(H,39,48)(H,40,51)(H,44,45)/t16-,17-,18-,19-,20-,21-,22-,24-/m0/s1. The van der Waals surface area contributed by atoms with E-state index in [-0.39, 0.29) is 18.9 Å².